The summed E-state index contributed by atoms with van der Waals surface area (Å²) >= 11 is 0. The molecule has 0 aromatic carbocycles. The van der Waals surface area contributed by atoms with Crippen LogP contribution in [0.5, 0.6) is 0 Å². The molecule has 0 radical (unpaired) electrons. The van der Waals surface area contributed by atoms with Gasteiger partial charge in [0.25, 0.3) is 5.91 Å². The average Bonchev–Trinajstić information content (AvgIpc) is 3.34. The minimum absolute atomic E-state index is 0.103. The van der Waals surface area contributed by atoms with E-state index in [2.05, 4.69) is 27.5 Å². The minimum atomic E-state index is -0.125. The number of carbonyl (C=O) groups is 2. The smallest absolute Gasteiger partial charge is 0.289 e. The van der Waals surface area contributed by atoms with Crippen molar-refractivity contribution in [1.29, 1.82) is 0 Å². The van der Waals surface area contributed by atoms with Crippen LogP contribution in [0.4, 0.5) is 0 Å². The second-order valence-corrected chi connectivity index (χ2v) is 9.20. The monoisotopic (exact) mass is 386 g/mol. The third kappa shape index (κ3) is 3.11. The zero-order chi connectivity index (χ0) is 19.3. The number of amides is 2. The summed E-state index contributed by atoms with van der Waals surface area (Å²) in [5, 5.41) is 11.7. The van der Waals surface area contributed by atoms with Crippen molar-refractivity contribution in [3.8, 4) is 0 Å². The summed E-state index contributed by atoms with van der Waals surface area (Å²) in [5.41, 5.74) is -0.125. The van der Waals surface area contributed by atoms with Gasteiger partial charge in [-0.25, -0.2) is 0 Å². The SMILES string of the molecule is CN1Cc2nnc(C(=O)NC3CCCCC3)n2C[C@@]12CCN(C(=O)C1CC1)C2. The Bertz CT molecular complexity index is 782. The largest absolute Gasteiger partial charge is 0.347 e. The van der Waals surface area contributed by atoms with Crippen LogP contribution in [0.2, 0.25) is 0 Å². The Morgan fingerprint density at radius 1 is 1.07 bits per heavy atom. The van der Waals surface area contributed by atoms with E-state index in [0.717, 1.165) is 51.0 Å². The summed E-state index contributed by atoms with van der Waals surface area (Å²) in [6, 6.07) is 0.257. The lowest BCUT2D eigenvalue weighted by Gasteiger charge is -2.42. The van der Waals surface area contributed by atoms with Crippen LogP contribution in [-0.4, -0.2) is 68.1 Å². The highest BCUT2D eigenvalue weighted by Gasteiger charge is 2.48. The van der Waals surface area contributed by atoms with Crippen LogP contribution in [0.3, 0.4) is 0 Å². The zero-order valence-electron chi connectivity index (χ0n) is 16.7. The Morgan fingerprint density at radius 2 is 1.86 bits per heavy atom. The van der Waals surface area contributed by atoms with Gasteiger partial charge < -0.3 is 14.8 Å². The predicted molar refractivity (Wildman–Crippen MR) is 102 cm³/mol. The maximum Gasteiger partial charge on any atom is 0.289 e. The van der Waals surface area contributed by atoms with E-state index < -0.39 is 0 Å². The number of rotatable bonds is 3. The Balaban J connectivity index is 1.33. The highest BCUT2D eigenvalue weighted by Crippen LogP contribution is 2.38. The Labute approximate surface area is 165 Å². The number of hydrogen-bond acceptors (Lipinski definition) is 5. The molecule has 2 aliphatic carbocycles. The molecule has 8 nitrogen and oxygen atoms in total. The first-order valence-corrected chi connectivity index (χ1v) is 10.8. The van der Waals surface area contributed by atoms with E-state index in [1.165, 1.54) is 19.3 Å². The van der Waals surface area contributed by atoms with E-state index >= 15 is 0 Å². The average molecular weight is 387 g/mol. The molecule has 5 rings (SSSR count). The summed E-state index contributed by atoms with van der Waals surface area (Å²) in [7, 11) is 2.10. The molecule has 1 aromatic heterocycles. The molecule has 1 saturated heterocycles. The Hall–Kier alpha value is -1.96. The summed E-state index contributed by atoms with van der Waals surface area (Å²) in [4.78, 5) is 29.8. The number of fused-ring (bicyclic) bond motifs is 1. The molecule has 1 spiro atoms. The van der Waals surface area contributed by atoms with Crippen molar-refractivity contribution in [3.63, 3.8) is 0 Å². The molecular weight excluding hydrogens is 356 g/mol. The molecule has 4 aliphatic rings. The molecule has 2 amide bonds. The fraction of sp³-hybridized carbons (Fsp3) is 0.800. The first-order valence-electron chi connectivity index (χ1n) is 10.8. The van der Waals surface area contributed by atoms with Crippen molar-refractivity contribution in [2.45, 2.75) is 76.0 Å². The third-order valence-electron chi connectivity index (χ3n) is 7.18. The van der Waals surface area contributed by atoms with Crippen molar-refractivity contribution < 1.29 is 9.59 Å². The highest BCUT2D eigenvalue weighted by molar-refractivity contribution is 5.91. The van der Waals surface area contributed by atoms with Gasteiger partial charge in [0, 0.05) is 31.6 Å². The van der Waals surface area contributed by atoms with Gasteiger partial charge in [-0.3, -0.25) is 14.5 Å². The number of likely N-dealkylation sites (N-methyl/N-ethyl adjacent to an activating group) is 1. The van der Waals surface area contributed by atoms with Crippen molar-refractivity contribution in [2.24, 2.45) is 5.92 Å². The molecule has 2 aliphatic heterocycles. The first-order chi connectivity index (χ1) is 13.6. The van der Waals surface area contributed by atoms with Crippen LogP contribution in [0.1, 0.15) is 67.8 Å². The fourth-order valence-corrected chi connectivity index (χ4v) is 5.15. The second-order valence-electron chi connectivity index (χ2n) is 9.20. The molecule has 1 aromatic rings. The predicted octanol–water partition coefficient (Wildman–Crippen LogP) is 1.17. The summed E-state index contributed by atoms with van der Waals surface area (Å²) in [6.07, 6.45) is 8.75. The number of hydrogen-bond donors (Lipinski definition) is 1. The molecular formula is C20H30N6O2. The van der Waals surface area contributed by atoms with E-state index in [1.54, 1.807) is 0 Å². The van der Waals surface area contributed by atoms with Gasteiger partial charge in [-0.05, 0) is 39.2 Å². The number of nitrogens with one attached hydrogen (secondary N) is 1. The van der Waals surface area contributed by atoms with Gasteiger partial charge in [0.1, 0.15) is 5.82 Å². The van der Waals surface area contributed by atoms with Crippen molar-refractivity contribution in [2.75, 3.05) is 20.1 Å². The summed E-state index contributed by atoms with van der Waals surface area (Å²) in [6.45, 7) is 2.88. The number of likely N-dealkylation sites (tertiary alicyclic amines) is 1. The number of nitrogens with zero attached hydrogens (tertiary/aromatic N) is 5. The van der Waals surface area contributed by atoms with E-state index in [4.69, 9.17) is 0 Å². The maximum absolute atomic E-state index is 12.9. The lowest BCUT2D eigenvalue weighted by molar-refractivity contribution is -0.132. The van der Waals surface area contributed by atoms with E-state index in [0.29, 0.717) is 24.8 Å². The topological polar surface area (TPSA) is 83.4 Å². The first kappa shape index (κ1) is 18.1. The van der Waals surface area contributed by atoms with Gasteiger partial charge in [-0.2, -0.15) is 0 Å². The molecule has 2 saturated carbocycles. The van der Waals surface area contributed by atoms with Crippen LogP contribution >= 0.6 is 0 Å². The van der Waals surface area contributed by atoms with Gasteiger partial charge in [-0.1, -0.05) is 19.3 Å². The molecule has 1 N–H and O–H groups in total. The standard InChI is InChI=1S/C20H30N6O2/c1-24-11-16-22-23-17(18(27)21-15-5-3-2-4-6-15)26(16)13-20(24)9-10-25(12-20)19(28)14-7-8-14/h14-15H,2-13H2,1H3,(H,21,27)/t20-/m0/s1. The summed E-state index contributed by atoms with van der Waals surface area (Å²) in [5.74, 6) is 1.74. The molecule has 8 heteroatoms. The van der Waals surface area contributed by atoms with Gasteiger partial charge in [-0.15, -0.1) is 10.2 Å². The molecule has 1 atom stereocenters. The van der Waals surface area contributed by atoms with Gasteiger partial charge in [0.2, 0.25) is 11.7 Å². The lowest BCUT2D eigenvalue weighted by atomic mass is 9.94. The van der Waals surface area contributed by atoms with Crippen LogP contribution in [0, 0.1) is 5.92 Å². The van der Waals surface area contributed by atoms with Gasteiger partial charge >= 0.3 is 0 Å². The van der Waals surface area contributed by atoms with Crippen LogP contribution < -0.4 is 5.32 Å². The molecule has 28 heavy (non-hydrogen) atoms. The maximum atomic E-state index is 12.9. The second kappa shape index (κ2) is 6.83. The van der Waals surface area contributed by atoms with Gasteiger partial charge in [0.15, 0.2) is 0 Å². The zero-order valence-corrected chi connectivity index (χ0v) is 16.7. The Morgan fingerprint density at radius 3 is 2.61 bits per heavy atom. The van der Waals surface area contributed by atoms with Crippen LogP contribution in [0.15, 0.2) is 0 Å². The van der Waals surface area contributed by atoms with E-state index in [1.807, 2.05) is 9.47 Å². The molecule has 3 heterocycles. The minimum Gasteiger partial charge on any atom is -0.347 e. The van der Waals surface area contributed by atoms with Crippen molar-refractivity contribution >= 4 is 11.8 Å². The molecule has 0 unspecified atom stereocenters. The highest BCUT2D eigenvalue weighted by atomic mass is 16.2. The Kier molecular flexibility index (Phi) is 4.41. The number of aromatic nitrogens is 3. The van der Waals surface area contributed by atoms with Crippen LogP contribution in [0.25, 0.3) is 0 Å². The van der Waals surface area contributed by atoms with E-state index in [9.17, 15) is 9.59 Å². The van der Waals surface area contributed by atoms with E-state index in [-0.39, 0.29) is 23.4 Å². The van der Waals surface area contributed by atoms with Crippen molar-refractivity contribution in [3.05, 3.63) is 11.6 Å². The quantitative estimate of drug-likeness (QED) is 0.843. The van der Waals surface area contributed by atoms with Crippen LogP contribution in [-0.2, 0) is 17.9 Å². The molecule has 0 bridgehead atoms. The lowest BCUT2D eigenvalue weighted by Crippen LogP contribution is -2.55. The normalized spacial score (nSPS) is 28.5. The van der Waals surface area contributed by atoms with Gasteiger partial charge in [0.05, 0.1) is 12.1 Å². The number of carbonyl (C=O) groups excluding carboxylic acids is 2. The molecule has 152 valence electrons. The fourth-order valence-electron chi connectivity index (χ4n) is 5.15. The third-order valence-corrected chi connectivity index (χ3v) is 7.18. The van der Waals surface area contributed by atoms with Crippen molar-refractivity contribution in [1.82, 2.24) is 29.9 Å². The molecule has 3 fully saturated rings. The summed E-state index contributed by atoms with van der Waals surface area (Å²) < 4.78 is 2.00.